The molecule has 0 saturated heterocycles. The molecule has 1 fully saturated rings. The molecular formula is C12H19N7OS. The number of hydrogen-bond donors (Lipinski definition) is 1. The van der Waals surface area contributed by atoms with Crippen molar-refractivity contribution in [1.82, 2.24) is 35.7 Å². The van der Waals surface area contributed by atoms with Crippen molar-refractivity contribution in [3.05, 3.63) is 11.7 Å². The van der Waals surface area contributed by atoms with Gasteiger partial charge in [-0.2, -0.15) is 4.98 Å². The van der Waals surface area contributed by atoms with Gasteiger partial charge in [0.15, 0.2) is 5.82 Å². The summed E-state index contributed by atoms with van der Waals surface area (Å²) in [6.45, 7) is 5.72. The molecule has 2 aromatic rings. The van der Waals surface area contributed by atoms with Crippen LogP contribution in [0.15, 0.2) is 9.68 Å². The van der Waals surface area contributed by atoms with E-state index in [2.05, 4.69) is 31.0 Å². The van der Waals surface area contributed by atoms with Crippen LogP contribution in [0.3, 0.4) is 0 Å². The molecule has 1 aliphatic rings. The Morgan fingerprint density at radius 1 is 1.43 bits per heavy atom. The summed E-state index contributed by atoms with van der Waals surface area (Å²) in [5.41, 5.74) is 0. The third-order valence-electron chi connectivity index (χ3n) is 3.14. The Balaban J connectivity index is 1.50. The van der Waals surface area contributed by atoms with Crippen LogP contribution >= 0.6 is 11.8 Å². The van der Waals surface area contributed by atoms with Crippen LogP contribution < -0.4 is 5.32 Å². The molecule has 3 rings (SSSR count). The van der Waals surface area contributed by atoms with Gasteiger partial charge in [0.05, 0.1) is 12.3 Å². The highest BCUT2D eigenvalue weighted by molar-refractivity contribution is 7.98. The summed E-state index contributed by atoms with van der Waals surface area (Å²) in [7, 11) is 0. The average Bonchev–Trinajstić information content (AvgIpc) is 2.99. The van der Waals surface area contributed by atoms with Gasteiger partial charge in [-0.25, -0.2) is 4.68 Å². The molecule has 0 amide bonds. The number of nitrogens with zero attached hydrogens (tertiary/aromatic N) is 6. The van der Waals surface area contributed by atoms with Crippen molar-refractivity contribution in [2.75, 3.05) is 6.54 Å². The first kappa shape index (κ1) is 14.5. The number of tetrazole rings is 1. The minimum Gasteiger partial charge on any atom is -0.339 e. The Hall–Kier alpha value is -1.48. The summed E-state index contributed by atoms with van der Waals surface area (Å²) in [6.07, 6.45) is 2.57. The standard InChI is InChI=1S/C12H19N7OS/c1-8(2)11-14-10(16-20-11)7-21-12-15-17-18-19(12)6-5-13-9-3-4-9/h8-9,13H,3-7H2,1-2H3. The molecule has 0 radical (unpaired) electrons. The molecule has 0 unspecified atom stereocenters. The number of rotatable bonds is 8. The van der Waals surface area contributed by atoms with Crippen molar-refractivity contribution < 1.29 is 4.52 Å². The summed E-state index contributed by atoms with van der Waals surface area (Å²) in [4.78, 5) is 4.34. The molecule has 0 aliphatic heterocycles. The van der Waals surface area contributed by atoms with Gasteiger partial charge in [0.25, 0.3) is 0 Å². The second-order valence-corrected chi connectivity index (χ2v) is 6.35. The maximum atomic E-state index is 5.18. The maximum absolute atomic E-state index is 5.18. The molecule has 0 aromatic carbocycles. The minimum absolute atomic E-state index is 0.245. The Morgan fingerprint density at radius 3 is 3.00 bits per heavy atom. The smallest absolute Gasteiger partial charge is 0.229 e. The lowest BCUT2D eigenvalue weighted by Gasteiger charge is -2.04. The summed E-state index contributed by atoms with van der Waals surface area (Å²) in [5.74, 6) is 2.19. The van der Waals surface area contributed by atoms with Crippen molar-refractivity contribution >= 4 is 11.8 Å². The van der Waals surface area contributed by atoms with Gasteiger partial charge in [-0.15, -0.1) is 5.10 Å². The monoisotopic (exact) mass is 309 g/mol. The van der Waals surface area contributed by atoms with E-state index in [-0.39, 0.29) is 5.92 Å². The number of nitrogens with one attached hydrogen (secondary N) is 1. The number of aromatic nitrogens is 6. The Morgan fingerprint density at radius 2 is 2.29 bits per heavy atom. The Bertz CT molecular complexity index is 578. The lowest BCUT2D eigenvalue weighted by molar-refractivity contribution is 0.362. The molecule has 114 valence electrons. The maximum Gasteiger partial charge on any atom is 0.229 e. The van der Waals surface area contributed by atoms with Gasteiger partial charge < -0.3 is 9.84 Å². The van der Waals surface area contributed by atoms with E-state index < -0.39 is 0 Å². The van der Waals surface area contributed by atoms with Crippen LogP contribution in [0.25, 0.3) is 0 Å². The molecule has 0 bridgehead atoms. The van der Waals surface area contributed by atoms with Crippen molar-refractivity contribution in [2.45, 2.75) is 56.1 Å². The van der Waals surface area contributed by atoms with Crippen LogP contribution in [0.2, 0.25) is 0 Å². The molecule has 9 heteroatoms. The van der Waals surface area contributed by atoms with E-state index in [1.54, 1.807) is 0 Å². The SMILES string of the molecule is CC(C)c1nc(CSc2nnnn2CCNC2CC2)no1. The Kier molecular flexibility index (Phi) is 4.49. The largest absolute Gasteiger partial charge is 0.339 e. The summed E-state index contributed by atoms with van der Waals surface area (Å²) < 4.78 is 6.99. The Labute approximate surface area is 127 Å². The molecule has 8 nitrogen and oxygen atoms in total. The predicted octanol–water partition coefficient (Wildman–Crippen LogP) is 1.22. The quantitative estimate of drug-likeness (QED) is 0.727. The van der Waals surface area contributed by atoms with E-state index >= 15 is 0 Å². The average molecular weight is 309 g/mol. The van der Waals surface area contributed by atoms with Gasteiger partial charge in [0.1, 0.15) is 0 Å². The molecular weight excluding hydrogens is 290 g/mol. The first-order valence-electron chi connectivity index (χ1n) is 7.17. The van der Waals surface area contributed by atoms with Crippen molar-refractivity contribution in [3.63, 3.8) is 0 Å². The van der Waals surface area contributed by atoms with Gasteiger partial charge in [0.2, 0.25) is 11.0 Å². The molecule has 1 N–H and O–H groups in total. The zero-order chi connectivity index (χ0) is 14.7. The van der Waals surface area contributed by atoms with E-state index in [9.17, 15) is 0 Å². The fourth-order valence-corrected chi connectivity index (χ4v) is 2.54. The van der Waals surface area contributed by atoms with Crippen molar-refractivity contribution in [2.24, 2.45) is 0 Å². The molecule has 2 heterocycles. The molecule has 21 heavy (non-hydrogen) atoms. The molecule has 1 aliphatic carbocycles. The van der Waals surface area contributed by atoms with Crippen LogP contribution in [-0.2, 0) is 12.3 Å². The van der Waals surface area contributed by atoms with Crippen LogP contribution in [0.4, 0.5) is 0 Å². The van der Waals surface area contributed by atoms with Crippen molar-refractivity contribution in [1.29, 1.82) is 0 Å². The summed E-state index contributed by atoms with van der Waals surface area (Å²) >= 11 is 1.52. The van der Waals surface area contributed by atoms with E-state index in [4.69, 9.17) is 4.52 Å². The van der Waals surface area contributed by atoms with Crippen molar-refractivity contribution in [3.8, 4) is 0 Å². The summed E-state index contributed by atoms with van der Waals surface area (Å²) in [6, 6.07) is 0.700. The van der Waals surface area contributed by atoms with E-state index in [0.29, 0.717) is 23.5 Å². The third-order valence-corrected chi connectivity index (χ3v) is 4.09. The van der Waals surface area contributed by atoms with Crippen LogP contribution in [-0.4, -0.2) is 42.9 Å². The molecule has 2 aromatic heterocycles. The highest BCUT2D eigenvalue weighted by atomic mass is 32.2. The van der Waals surface area contributed by atoms with Gasteiger partial charge >= 0.3 is 0 Å². The number of thioether (sulfide) groups is 1. The van der Waals surface area contributed by atoms with E-state index in [0.717, 1.165) is 18.2 Å². The van der Waals surface area contributed by atoms with Crippen LogP contribution in [0.1, 0.15) is 44.3 Å². The van der Waals surface area contributed by atoms with Gasteiger partial charge in [-0.05, 0) is 23.3 Å². The fraction of sp³-hybridized carbons (Fsp3) is 0.750. The third kappa shape index (κ3) is 4.01. The van der Waals surface area contributed by atoms with Crippen LogP contribution in [0, 0.1) is 0 Å². The zero-order valence-corrected chi connectivity index (χ0v) is 13.0. The minimum atomic E-state index is 0.245. The van der Waals surface area contributed by atoms with E-state index in [1.165, 1.54) is 24.6 Å². The van der Waals surface area contributed by atoms with Gasteiger partial charge in [-0.1, -0.05) is 30.8 Å². The second-order valence-electron chi connectivity index (χ2n) is 5.41. The number of hydrogen-bond acceptors (Lipinski definition) is 8. The topological polar surface area (TPSA) is 94.5 Å². The lowest BCUT2D eigenvalue weighted by Crippen LogP contribution is -2.22. The summed E-state index contributed by atoms with van der Waals surface area (Å²) in [5, 5.41) is 20.0. The van der Waals surface area contributed by atoms with E-state index in [1.807, 2.05) is 18.5 Å². The zero-order valence-electron chi connectivity index (χ0n) is 12.2. The first-order chi connectivity index (χ1) is 10.2. The molecule has 1 saturated carbocycles. The predicted molar refractivity (Wildman–Crippen MR) is 76.8 cm³/mol. The fourth-order valence-electron chi connectivity index (χ4n) is 1.79. The van der Waals surface area contributed by atoms with Gasteiger partial charge in [-0.3, -0.25) is 0 Å². The molecule has 0 atom stereocenters. The highest BCUT2D eigenvalue weighted by Crippen LogP contribution is 2.20. The second kappa shape index (κ2) is 6.52. The highest BCUT2D eigenvalue weighted by Gasteiger charge is 2.20. The van der Waals surface area contributed by atoms with Crippen LogP contribution in [0.5, 0.6) is 0 Å². The first-order valence-corrected chi connectivity index (χ1v) is 8.16. The molecule has 0 spiro atoms. The van der Waals surface area contributed by atoms with Gasteiger partial charge in [0, 0.05) is 18.5 Å². The lowest BCUT2D eigenvalue weighted by atomic mass is 10.2. The normalized spacial score (nSPS) is 15.0.